The molecule has 2 aromatic rings. The van der Waals surface area contributed by atoms with E-state index in [-0.39, 0.29) is 24.5 Å². The van der Waals surface area contributed by atoms with Gasteiger partial charge >= 0.3 is 11.9 Å². The molecule has 2 saturated heterocycles. The van der Waals surface area contributed by atoms with E-state index in [1.807, 2.05) is 51.1 Å². The van der Waals surface area contributed by atoms with Crippen LogP contribution in [-0.2, 0) is 54.1 Å². The monoisotopic (exact) mass is 958 g/mol. The molecular formula is C49H74N4O13S. The molecule has 374 valence electrons. The van der Waals surface area contributed by atoms with E-state index < -0.39 is 109 Å². The number of cyclic esters (lactones) is 1. The van der Waals surface area contributed by atoms with Crippen molar-refractivity contribution in [3.63, 3.8) is 0 Å². The lowest BCUT2D eigenvalue weighted by atomic mass is 9.82. The normalized spacial score (nSPS) is 34.9. The Labute approximate surface area is 399 Å². The van der Waals surface area contributed by atoms with Crippen molar-refractivity contribution < 1.29 is 62.9 Å². The fourth-order valence-electron chi connectivity index (χ4n) is 9.21. The van der Waals surface area contributed by atoms with Crippen LogP contribution < -0.4 is 5.32 Å². The molecule has 0 bridgehead atoms. The highest BCUT2D eigenvalue weighted by molar-refractivity contribution is 7.09. The van der Waals surface area contributed by atoms with Crippen molar-refractivity contribution in [2.24, 2.45) is 17.8 Å². The van der Waals surface area contributed by atoms with Crippen molar-refractivity contribution in [2.45, 2.75) is 173 Å². The number of carbonyl (C=O) groups is 3. The Bertz CT molecular complexity index is 1910. The molecule has 4 N–H and O–H groups in total. The van der Waals surface area contributed by atoms with E-state index >= 15 is 0 Å². The van der Waals surface area contributed by atoms with E-state index in [4.69, 9.17) is 33.2 Å². The Balaban J connectivity index is 1.40. The minimum absolute atomic E-state index is 0.0268. The minimum Gasteiger partial charge on any atom is -0.462 e. The lowest BCUT2D eigenvalue weighted by Crippen LogP contribution is -2.66. The van der Waals surface area contributed by atoms with Crippen LogP contribution in [0.15, 0.2) is 54.8 Å². The molecule has 3 aliphatic rings. The number of nitrogens with zero attached hydrogens (tertiary/aromatic N) is 3. The number of aliphatic hydroxyl groups is 3. The van der Waals surface area contributed by atoms with Crippen molar-refractivity contribution >= 4 is 29.3 Å². The van der Waals surface area contributed by atoms with Gasteiger partial charge in [0.15, 0.2) is 24.5 Å². The van der Waals surface area contributed by atoms with Gasteiger partial charge in [0, 0.05) is 38.8 Å². The van der Waals surface area contributed by atoms with Gasteiger partial charge in [-0.05, 0) is 102 Å². The molecule has 1 aromatic carbocycles. The number of hydrogen-bond donors (Lipinski definition) is 4. The Kier molecular flexibility index (Phi) is 20.6. The predicted molar refractivity (Wildman–Crippen MR) is 250 cm³/mol. The Morgan fingerprint density at radius 1 is 1.01 bits per heavy atom. The summed E-state index contributed by atoms with van der Waals surface area (Å²) in [6.07, 6.45) is -1.41. The van der Waals surface area contributed by atoms with E-state index in [1.165, 1.54) is 24.7 Å². The molecule has 4 heterocycles. The summed E-state index contributed by atoms with van der Waals surface area (Å²) >= 11 is 1.33. The van der Waals surface area contributed by atoms with Gasteiger partial charge in [-0.15, -0.1) is 5.10 Å². The van der Waals surface area contributed by atoms with Crippen LogP contribution in [0.2, 0.25) is 0 Å². The molecule has 0 aliphatic carbocycles. The zero-order valence-electron chi connectivity index (χ0n) is 40.7. The third kappa shape index (κ3) is 15.5. The first-order valence-corrected chi connectivity index (χ1v) is 24.3. The first-order valence-electron chi connectivity index (χ1n) is 23.5. The molecule has 5 rings (SSSR count). The highest BCUT2D eigenvalue weighted by Crippen LogP contribution is 2.38. The molecule has 2 fully saturated rings. The van der Waals surface area contributed by atoms with Crippen LogP contribution in [-0.4, -0.2) is 154 Å². The van der Waals surface area contributed by atoms with Crippen LogP contribution in [0.1, 0.15) is 92.6 Å². The summed E-state index contributed by atoms with van der Waals surface area (Å²) in [7, 11) is 5.00. The molecule has 1 aromatic heterocycles. The Hall–Kier alpha value is -3.53. The Morgan fingerprint density at radius 3 is 2.39 bits per heavy atom. The Morgan fingerprint density at radius 2 is 1.75 bits per heavy atom. The topological polar surface area (TPSA) is 218 Å². The van der Waals surface area contributed by atoms with Crippen molar-refractivity contribution in [1.82, 2.24) is 19.8 Å². The summed E-state index contributed by atoms with van der Waals surface area (Å²) in [5, 5.41) is 43.1. The molecular weight excluding hydrogens is 885 g/mol. The second kappa shape index (κ2) is 25.4. The van der Waals surface area contributed by atoms with Gasteiger partial charge in [0.25, 0.3) is 0 Å². The maximum atomic E-state index is 13.6. The molecule has 17 nitrogen and oxygen atoms in total. The third-order valence-corrected chi connectivity index (χ3v) is 13.4. The van der Waals surface area contributed by atoms with E-state index in [9.17, 15) is 29.7 Å². The fraction of sp³-hybridized carbons (Fsp3) is 0.694. The number of nitrogens with one attached hydrogen (secondary N) is 1. The second-order valence-corrected chi connectivity index (χ2v) is 20.0. The predicted octanol–water partition coefficient (Wildman–Crippen LogP) is 4.76. The fourth-order valence-corrected chi connectivity index (χ4v) is 9.72. The summed E-state index contributed by atoms with van der Waals surface area (Å²) in [6.45, 7) is 13.5. The van der Waals surface area contributed by atoms with E-state index in [2.05, 4.69) is 14.9 Å². The van der Waals surface area contributed by atoms with Crippen LogP contribution in [0.4, 0.5) is 0 Å². The first-order chi connectivity index (χ1) is 31.8. The molecule has 0 saturated carbocycles. The number of carbonyl (C=O) groups excluding carboxylic acids is 3. The average Bonchev–Trinajstić information content (AvgIpc) is 3.79. The first kappa shape index (κ1) is 54.4. The summed E-state index contributed by atoms with van der Waals surface area (Å²) in [6, 6.07) is 7.36. The number of ether oxygens (including phenoxy) is 7. The molecule has 4 unspecified atom stereocenters. The van der Waals surface area contributed by atoms with Crippen LogP contribution in [0.5, 0.6) is 0 Å². The maximum Gasteiger partial charge on any atom is 0.308 e. The summed E-state index contributed by atoms with van der Waals surface area (Å²) < 4.78 is 47.4. The van der Waals surface area contributed by atoms with Crippen LogP contribution >= 0.6 is 11.5 Å². The van der Waals surface area contributed by atoms with Gasteiger partial charge in [-0.25, -0.2) is 0 Å². The molecule has 0 spiro atoms. The van der Waals surface area contributed by atoms with Gasteiger partial charge in [0.05, 0.1) is 48.0 Å². The zero-order chi connectivity index (χ0) is 49.0. The van der Waals surface area contributed by atoms with Gasteiger partial charge in [0.1, 0.15) is 30.0 Å². The summed E-state index contributed by atoms with van der Waals surface area (Å²) in [5.74, 6) is -2.05. The van der Waals surface area contributed by atoms with E-state index in [1.54, 1.807) is 65.0 Å². The van der Waals surface area contributed by atoms with Gasteiger partial charge in [-0.1, -0.05) is 67.8 Å². The number of esters is 2. The lowest BCUT2D eigenvalue weighted by molar-refractivity contribution is -0.344. The molecule has 3 aliphatic heterocycles. The average molecular weight is 959 g/mol. The van der Waals surface area contributed by atoms with Crippen molar-refractivity contribution in [1.29, 1.82) is 0 Å². The minimum atomic E-state index is -1.49. The molecule has 18 heteroatoms. The number of methoxy groups -OCH3 is 1. The van der Waals surface area contributed by atoms with Crippen molar-refractivity contribution in [3.05, 3.63) is 60.3 Å². The maximum absolute atomic E-state index is 13.6. The number of benzene rings is 1. The van der Waals surface area contributed by atoms with Gasteiger partial charge in [-0.2, -0.15) is 0 Å². The number of aromatic nitrogens is 2. The quantitative estimate of drug-likeness (QED) is 0.140. The standard InChI is InChI=1S/C49H74N4O13S/c1-28(2)22-39(56)64-47-32(6)62-41(25-49(47,7)59)65-44-31(5)63-48(43(58)42(44)53(8)9)66-45-35(20-21-50-26-33-16-18-34(19-17-33)38-27-51-52-67-38)23-29(3)36(54)15-13-11-12-14-30(4)61-40(57)24-37(55)46(45)60-10/h11-13,15-19,27-32,35,37,41-48,50,55,58-59H,14,20-26H2,1-10H3/t29-,30-,31-,32?,35+,37-,41?,42-,43-,44-,45+,46+,47?,48+,49?/m1/s1. The van der Waals surface area contributed by atoms with Gasteiger partial charge < -0.3 is 58.7 Å². The van der Waals surface area contributed by atoms with Crippen molar-refractivity contribution in [3.8, 4) is 10.4 Å². The number of likely N-dealkylation sites (N-methyl/N-ethyl adjacent to an activating group) is 1. The smallest absolute Gasteiger partial charge is 0.308 e. The summed E-state index contributed by atoms with van der Waals surface area (Å²) in [5.41, 5.74) is 0.578. The zero-order valence-corrected chi connectivity index (χ0v) is 41.5. The molecule has 0 amide bonds. The highest BCUT2D eigenvalue weighted by atomic mass is 32.1. The molecule has 15 atom stereocenters. The number of allylic oxidation sites excluding steroid dienone is 3. The number of rotatable bonds is 15. The largest absolute Gasteiger partial charge is 0.462 e. The van der Waals surface area contributed by atoms with Crippen LogP contribution in [0, 0.1) is 17.8 Å². The lowest BCUT2D eigenvalue weighted by Gasteiger charge is -2.50. The van der Waals surface area contributed by atoms with Gasteiger partial charge in [-0.3, -0.25) is 14.4 Å². The SMILES string of the molecule is CO[C@@H]1[C@@H](O[C@@H]2O[C@H](C)[C@@H](OC3CC(C)(O)C(OC(=O)CC(C)C)C(C)O3)[C@H](N(C)C)[C@H]2O)[C@@H](CCNCc2ccc(-c3cnns3)cc2)C[C@@H](C)C(=O)C=CC=CC[C@@H](C)OC(=O)C[C@H]1O. The number of aliphatic hydroxyl groups excluding tert-OH is 2. The van der Waals surface area contributed by atoms with Gasteiger partial charge in [0.2, 0.25) is 0 Å². The highest BCUT2D eigenvalue weighted by Gasteiger charge is 2.52. The number of hydrogen-bond acceptors (Lipinski definition) is 18. The van der Waals surface area contributed by atoms with Crippen LogP contribution in [0.25, 0.3) is 10.4 Å². The van der Waals surface area contributed by atoms with Crippen molar-refractivity contribution in [2.75, 3.05) is 27.7 Å². The molecule has 0 radical (unpaired) electrons. The third-order valence-electron chi connectivity index (χ3n) is 12.7. The second-order valence-electron chi connectivity index (χ2n) is 19.2. The van der Waals surface area contributed by atoms with E-state index in [0.717, 1.165) is 16.0 Å². The summed E-state index contributed by atoms with van der Waals surface area (Å²) in [4.78, 5) is 42.2. The van der Waals surface area contributed by atoms with Crippen LogP contribution in [0.3, 0.4) is 0 Å². The molecule has 67 heavy (non-hydrogen) atoms. The number of ketones is 1. The van der Waals surface area contributed by atoms with E-state index in [0.29, 0.717) is 32.4 Å².